The van der Waals surface area contributed by atoms with E-state index in [1.165, 1.54) is 0 Å². The Morgan fingerprint density at radius 1 is 1.56 bits per heavy atom. The first-order valence-electron chi connectivity index (χ1n) is 5.50. The summed E-state index contributed by atoms with van der Waals surface area (Å²) in [6, 6.07) is 5.57. The Labute approximate surface area is 117 Å². The molecule has 1 aromatic carbocycles. The fourth-order valence-electron chi connectivity index (χ4n) is 1.34. The van der Waals surface area contributed by atoms with E-state index < -0.39 is 16.0 Å². The molecule has 0 spiro atoms. The molecule has 2 N–H and O–H groups in total. The fraction of sp³-hybridized carbons (Fsp3) is 0.417. The van der Waals surface area contributed by atoms with Crippen molar-refractivity contribution in [3.8, 4) is 0 Å². The van der Waals surface area contributed by atoms with Crippen LogP contribution in [0.15, 0.2) is 22.7 Å². The SMILES string of the molecule is Cc1ccc(NC(=O)C(C)S(=O)CCO)c(Br)c1. The van der Waals surface area contributed by atoms with Gasteiger partial charge in [-0.3, -0.25) is 9.00 Å². The van der Waals surface area contributed by atoms with E-state index >= 15 is 0 Å². The number of rotatable bonds is 5. The summed E-state index contributed by atoms with van der Waals surface area (Å²) in [5, 5.41) is 10.8. The van der Waals surface area contributed by atoms with E-state index in [1.807, 2.05) is 19.1 Å². The molecular formula is C12H16BrNO3S. The Morgan fingerprint density at radius 2 is 2.22 bits per heavy atom. The van der Waals surface area contributed by atoms with Crippen molar-refractivity contribution in [2.45, 2.75) is 19.1 Å². The van der Waals surface area contributed by atoms with E-state index in [2.05, 4.69) is 21.2 Å². The first kappa shape index (κ1) is 15.3. The number of aryl methyl sites for hydroxylation is 1. The van der Waals surface area contributed by atoms with Crippen molar-refractivity contribution in [2.24, 2.45) is 0 Å². The number of carbonyl (C=O) groups excluding carboxylic acids is 1. The number of amides is 1. The number of nitrogens with one attached hydrogen (secondary N) is 1. The van der Waals surface area contributed by atoms with Crippen LogP contribution in [0, 0.1) is 6.92 Å². The summed E-state index contributed by atoms with van der Waals surface area (Å²) in [6.07, 6.45) is 0. The maximum Gasteiger partial charge on any atom is 0.239 e. The number of hydrogen-bond donors (Lipinski definition) is 2. The summed E-state index contributed by atoms with van der Waals surface area (Å²) < 4.78 is 12.4. The van der Waals surface area contributed by atoms with Gasteiger partial charge in [-0.05, 0) is 47.5 Å². The third-order valence-electron chi connectivity index (χ3n) is 2.44. The van der Waals surface area contributed by atoms with Gasteiger partial charge in [-0.25, -0.2) is 0 Å². The lowest BCUT2D eigenvalue weighted by Crippen LogP contribution is -2.31. The van der Waals surface area contributed by atoms with Gasteiger partial charge in [0.15, 0.2) is 0 Å². The third-order valence-corrected chi connectivity index (χ3v) is 4.68. The van der Waals surface area contributed by atoms with E-state index in [4.69, 9.17) is 5.11 Å². The summed E-state index contributed by atoms with van der Waals surface area (Å²) in [6.45, 7) is 3.36. The summed E-state index contributed by atoms with van der Waals surface area (Å²) in [4.78, 5) is 11.9. The smallest absolute Gasteiger partial charge is 0.239 e. The number of benzene rings is 1. The predicted molar refractivity (Wildman–Crippen MR) is 77.1 cm³/mol. The first-order chi connectivity index (χ1) is 8.45. The lowest BCUT2D eigenvalue weighted by molar-refractivity contribution is -0.115. The maximum absolute atomic E-state index is 11.9. The minimum absolute atomic E-state index is 0.115. The molecule has 0 aliphatic rings. The van der Waals surface area contributed by atoms with Gasteiger partial charge in [0.05, 0.1) is 12.3 Å². The van der Waals surface area contributed by atoms with Crippen LogP contribution in [0.25, 0.3) is 0 Å². The highest BCUT2D eigenvalue weighted by atomic mass is 79.9. The highest BCUT2D eigenvalue weighted by Gasteiger charge is 2.20. The molecule has 1 rings (SSSR count). The van der Waals surface area contributed by atoms with Crippen LogP contribution in [0.4, 0.5) is 5.69 Å². The molecule has 0 saturated carbocycles. The average molecular weight is 334 g/mol. The van der Waals surface area contributed by atoms with E-state index in [9.17, 15) is 9.00 Å². The van der Waals surface area contributed by atoms with Crippen molar-refractivity contribution < 1.29 is 14.1 Å². The number of aliphatic hydroxyl groups excluding tert-OH is 1. The van der Waals surface area contributed by atoms with Crippen molar-refractivity contribution in [3.63, 3.8) is 0 Å². The van der Waals surface area contributed by atoms with Crippen LogP contribution in [0.5, 0.6) is 0 Å². The van der Waals surface area contributed by atoms with Gasteiger partial charge in [-0.2, -0.15) is 0 Å². The summed E-state index contributed by atoms with van der Waals surface area (Å²) in [5.41, 5.74) is 1.73. The minimum atomic E-state index is -1.36. The van der Waals surface area contributed by atoms with Crippen LogP contribution in [-0.4, -0.2) is 32.8 Å². The second kappa shape index (κ2) is 7.01. The van der Waals surface area contributed by atoms with Gasteiger partial charge in [0.1, 0.15) is 5.25 Å². The van der Waals surface area contributed by atoms with Crippen molar-refractivity contribution in [2.75, 3.05) is 17.7 Å². The Balaban J connectivity index is 2.72. The molecule has 2 unspecified atom stereocenters. The number of halogens is 1. The van der Waals surface area contributed by atoms with Gasteiger partial charge in [-0.15, -0.1) is 0 Å². The van der Waals surface area contributed by atoms with Gasteiger partial charge < -0.3 is 10.4 Å². The lowest BCUT2D eigenvalue weighted by Gasteiger charge is -2.13. The zero-order chi connectivity index (χ0) is 13.7. The molecule has 0 saturated heterocycles. The molecule has 0 bridgehead atoms. The molecule has 0 aliphatic carbocycles. The van der Waals surface area contributed by atoms with E-state index in [-0.39, 0.29) is 18.3 Å². The largest absolute Gasteiger partial charge is 0.395 e. The number of carbonyl (C=O) groups is 1. The molecule has 0 aromatic heterocycles. The monoisotopic (exact) mass is 333 g/mol. The summed E-state index contributed by atoms with van der Waals surface area (Å²) >= 11 is 3.36. The molecule has 0 fully saturated rings. The maximum atomic E-state index is 11.9. The van der Waals surface area contributed by atoms with Crippen LogP contribution in [0.3, 0.4) is 0 Å². The number of anilines is 1. The molecule has 100 valence electrons. The standard InChI is InChI=1S/C12H16BrNO3S/c1-8-3-4-11(10(13)7-8)14-12(16)9(2)18(17)6-5-15/h3-4,7,9,15H,5-6H2,1-2H3,(H,14,16). The molecule has 18 heavy (non-hydrogen) atoms. The van der Waals surface area contributed by atoms with Crippen LogP contribution < -0.4 is 5.32 Å². The fourth-order valence-corrected chi connectivity index (χ4v) is 2.77. The number of aliphatic hydroxyl groups is 1. The Kier molecular flexibility index (Phi) is 5.98. The van der Waals surface area contributed by atoms with Gasteiger partial charge in [0, 0.05) is 21.0 Å². The average Bonchev–Trinajstić information content (AvgIpc) is 2.32. The number of hydrogen-bond acceptors (Lipinski definition) is 3. The second-order valence-corrected chi connectivity index (χ2v) is 6.65. The van der Waals surface area contributed by atoms with Gasteiger partial charge >= 0.3 is 0 Å². The Bertz CT molecular complexity index is 465. The van der Waals surface area contributed by atoms with Crippen molar-refractivity contribution >= 4 is 38.3 Å². The molecule has 0 aliphatic heterocycles. The van der Waals surface area contributed by atoms with Gasteiger partial charge in [-0.1, -0.05) is 6.07 Å². The molecule has 0 radical (unpaired) electrons. The van der Waals surface area contributed by atoms with E-state index in [1.54, 1.807) is 13.0 Å². The highest BCUT2D eigenvalue weighted by Crippen LogP contribution is 2.23. The van der Waals surface area contributed by atoms with Crippen molar-refractivity contribution in [3.05, 3.63) is 28.2 Å². The molecule has 1 amide bonds. The molecular weight excluding hydrogens is 318 g/mol. The van der Waals surface area contributed by atoms with E-state index in [0.29, 0.717) is 5.69 Å². The normalized spacial score (nSPS) is 14.0. The molecule has 6 heteroatoms. The first-order valence-corrected chi connectivity index (χ1v) is 7.68. The van der Waals surface area contributed by atoms with Crippen LogP contribution in [0.2, 0.25) is 0 Å². The Morgan fingerprint density at radius 3 is 2.78 bits per heavy atom. The topological polar surface area (TPSA) is 66.4 Å². The summed E-state index contributed by atoms with van der Waals surface area (Å²) in [7, 11) is -1.36. The molecule has 0 heterocycles. The van der Waals surface area contributed by atoms with E-state index in [0.717, 1.165) is 10.0 Å². The van der Waals surface area contributed by atoms with Crippen LogP contribution in [0.1, 0.15) is 12.5 Å². The van der Waals surface area contributed by atoms with Crippen LogP contribution >= 0.6 is 15.9 Å². The Hall–Kier alpha value is -0.720. The lowest BCUT2D eigenvalue weighted by atomic mass is 10.2. The quantitative estimate of drug-likeness (QED) is 0.863. The zero-order valence-electron chi connectivity index (χ0n) is 10.3. The van der Waals surface area contributed by atoms with Gasteiger partial charge in [0.2, 0.25) is 5.91 Å². The van der Waals surface area contributed by atoms with Crippen LogP contribution in [-0.2, 0) is 15.6 Å². The van der Waals surface area contributed by atoms with Gasteiger partial charge in [0.25, 0.3) is 0 Å². The highest BCUT2D eigenvalue weighted by molar-refractivity contribution is 9.10. The third kappa shape index (κ3) is 4.19. The summed E-state index contributed by atoms with van der Waals surface area (Å²) in [5.74, 6) is -0.199. The van der Waals surface area contributed by atoms with Crippen molar-refractivity contribution in [1.29, 1.82) is 0 Å². The van der Waals surface area contributed by atoms with Crippen molar-refractivity contribution in [1.82, 2.24) is 0 Å². The molecule has 2 atom stereocenters. The minimum Gasteiger partial charge on any atom is -0.395 e. The second-order valence-electron chi connectivity index (χ2n) is 3.92. The molecule has 1 aromatic rings. The zero-order valence-corrected chi connectivity index (χ0v) is 12.7. The molecule has 4 nitrogen and oxygen atoms in total. The predicted octanol–water partition coefficient (Wildman–Crippen LogP) is 1.83.